The second-order valence-corrected chi connectivity index (χ2v) is 7.04. The molecule has 0 radical (unpaired) electrons. The van der Waals surface area contributed by atoms with Gasteiger partial charge >= 0.3 is 0 Å². The number of piperazine rings is 2. The van der Waals surface area contributed by atoms with Crippen molar-refractivity contribution >= 4 is 17.7 Å². The molecule has 2 atom stereocenters. The van der Waals surface area contributed by atoms with Gasteiger partial charge in [0.25, 0.3) is 5.91 Å². The monoisotopic (exact) mass is 341 g/mol. The predicted octanol–water partition coefficient (Wildman–Crippen LogP) is 0.907. The fraction of sp³-hybridized carbons (Fsp3) is 0.526. The second kappa shape index (κ2) is 6.17. The first-order valence-electron chi connectivity index (χ1n) is 9.09. The summed E-state index contributed by atoms with van der Waals surface area (Å²) in [6.07, 6.45) is 2.58. The Hall–Kier alpha value is -2.37. The zero-order chi connectivity index (χ0) is 17.6. The molecule has 3 fully saturated rings. The third-order valence-electron chi connectivity index (χ3n) is 5.67. The molecule has 1 aromatic rings. The molecule has 3 aliphatic heterocycles. The lowest BCUT2D eigenvalue weighted by atomic mass is 10.0. The molecule has 25 heavy (non-hydrogen) atoms. The molecule has 0 spiro atoms. The number of carbonyl (C=O) groups excluding carboxylic acids is 3. The molecule has 4 rings (SSSR count). The van der Waals surface area contributed by atoms with Crippen LogP contribution in [-0.2, 0) is 16.0 Å². The van der Waals surface area contributed by atoms with Crippen LogP contribution in [0.25, 0.3) is 0 Å². The lowest BCUT2D eigenvalue weighted by Gasteiger charge is -2.47. The molecule has 3 heterocycles. The van der Waals surface area contributed by atoms with Crippen molar-refractivity contribution in [1.82, 2.24) is 14.7 Å². The van der Waals surface area contributed by atoms with E-state index < -0.39 is 6.04 Å². The van der Waals surface area contributed by atoms with Gasteiger partial charge < -0.3 is 14.7 Å². The molecule has 0 N–H and O–H groups in total. The van der Waals surface area contributed by atoms with Gasteiger partial charge in [-0.05, 0) is 37.0 Å². The Bertz CT molecular complexity index is 715. The van der Waals surface area contributed by atoms with Crippen LogP contribution in [0.1, 0.15) is 35.7 Å². The summed E-state index contributed by atoms with van der Waals surface area (Å²) in [5.74, 6) is -0.00599. The number of amides is 3. The molecule has 1 aromatic carbocycles. The number of aryl methyl sites for hydroxylation is 1. The number of fused-ring (bicyclic) bond motifs is 2. The van der Waals surface area contributed by atoms with Crippen LogP contribution >= 0.6 is 0 Å². The van der Waals surface area contributed by atoms with Crippen LogP contribution in [0, 0.1) is 0 Å². The van der Waals surface area contributed by atoms with Gasteiger partial charge in [-0.1, -0.05) is 19.1 Å². The van der Waals surface area contributed by atoms with Gasteiger partial charge in [-0.15, -0.1) is 0 Å². The molecule has 0 aromatic heterocycles. The summed E-state index contributed by atoms with van der Waals surface area (Å²) in [7, 11) is 0. The molecule has 6 nitrogen and oxygen atoms in total. The zero-order valence-corrected chi connectivity index (χ0v) is 14.5. The first kappa shape index (κ1) is 16.1. The van der Waals surface area contributed by atoms with E-state index in [1.807, 2.05) is 24.3 Å². The first-order valence-corrected chi connectivity index (χ1v) is 9.09. The minimum atomic E-state index is -0.519. The number of benzene rings is 1. The molecule has 6 heteroatoms. The number of hydrogen-bond acceptors (Lipinski definition) is 3. The third-order valence-corrected chi connectivity index (χ3v) is 5.67. The van der Waals surface area contributed by atoms with E-state index in [4.69, 9.17) is 0 Å². The maximum Gasteiger partial charge on any atom is 0.253 e. The normalized spacial score (nSPS) is 25.9. The van der Waals surface area contributed by atoms with Gasteiger partial charge in [0.15, 0.2) is 0 Å². The van der Waals surface area contributed by atoms with E-state index in [2.05, 4.69) is 6.92 Å². The van der Waals surface area contributed by atoms with E-state index in [9.17, 15) is 14.4 Å². The molecular formula is C19H23N3O3. The SMILES string of the molecule is CCc1ccc(C(=O)N2CCN3C(=O)[C@@H]4CCCN4C(=O)[C@H]3C2)cc1. The Morgan fingerprint density at radius 3 is 2.40 bits per heavy atom. The van der Waals surface area contributed by atoms with Gasteiger partial charge in [-0.3, -0.25) is 14.4 Å². The van der Waals surface area contributed by atoms with Crippen LogP contribution in [0.15, 0.2) is 24.3 Å². The van der Waals surface area contributed by atoms with Crippen molar-refractivity contribution in [2.45, 2.75) is 38.3 Å². The molecular weight excluding hydrogens is 318 g/mol. The van der Waals surface area contributed by atoms with Crippen LogP contribution in [0.4, 0.5) is 0 Å². The van der Waals surface area contributed by atoms with Gasteiger partial charge in [-0.2, -0.15) is 0 Å². The Morgan fingerprint density at radius 2 is 1.68 bits per heavy atom. The third kappa shape index (κ3) is 2.60. The molecule has 0 saturated carbocycles. The summed E-state index contributed by atoms with van der Waals surface area (Å²) in [5, 5.41) is 0. The fourth-order valence-electron chi connectivity index (χ4n) is 4.18. The highest BCUT2D eigenvalue weighted by atomic mass is 16.2. The average Bonchev–Trinajstić information content (AvgIpc) is 3.15. The van der Waals surface area contributed by atoms with E-state index in [0.717, 1.165) is 19.3 Å². The quantitative estimate of drug-likeness (QED) is 0.803. The maximum absolute atomic E-state index is 12.8. The number of rotatable bonds is 2. The minimum absolute atomic E-state index is 0.000862. The van der Waals surface area contributed by atoms with Gasteiger partial charge in [0.1, 0.15) is 12.1 Å². The average molecular weight is 341 g/mol. The number of hydrogen-bond donors (Lipinski definition) is 0. The molecule has 132 valence electrons. The lowest BCUT2D eigenvalue weighted by molar-refractivity contribution is -0.162. The summed E-state index contributed by atoms with van der Waals surface area (Å²) < 4.78 is 0. The molecule has 3 amide bonds. The number of nitrogens with zero attached hydrogens (tertiary/aromatic N) is 3. The summed E-state index contributed by atoms with van der Waals surface area (Å²) in [6.45, 7) is 3.95. The topological polar surface area (TPSA) is 60.9 Å². The molecule has 3 saturated heterocycles. The summed E-state index contributed by atoms with van der Waals surface area (Å²) in [6, 6.07) is 6.83. The minimum Gasteiger partial charge on any atom is -0.334 e. The highest BCUT2D eigenvalue weighted by molar-refractivity contribution is 5.99. The van der Waals surface area contributed by atoms with Crippen molar-refractivity contribution < 1.29 is 14.4 Å². The fourth-order valence-corrected chi connectivity index (χ4v) is 4.18. The van der Waals surface area contributed by atoms with Crippen molar-refractivity contribution in [3.63, 3.8) is 0 Å². The second-order valence-electron chi connectivity index (χ2n) is 7.04. The summed E-state index contributed by atoms with van der Waals surface area (Å²) in [5.41, 5.74) is 1.83. The molecule has 0 bridgehead atoms. The van der Waals surface area contributed by atoms with Crippen LogP contribution < -0.4 is 0 Å². The standard InChI is InChI=1S/C19H23N3O3/c1-2-13-5-7-14(8-6-13)17(23)20-10-11-22-16(12-20)19(25)21-9-3-4-15(21)18(22)24/h5-8,15-16H,2-4,9-12H2,1H3/t15-,16+/m0/s1. The summed E-state index contributed by atoms with van der Waals surface area (Å²) >= 11 is 0. The van der Waals surface area contributed by atoms with Gasteiger partial charge in [0.05, 0.1) is 6.54 Å². The molecule has 3 aliphatic rings. The zero-order valence-electron chi connectivity index (χ0n) is 14.5. The van der Waals surface area contributed by atoms with Gasteiger partial charge in [0.2, 0.25) is 11.8 Å². The van der Waals surface area contributed by atoms with Crippen LogP contribution in [0.5, 0.6) is 0 Å². The van der Waals surface area contributed by atoms with Crippen LogP contribution in [0.2, 0.25) is 0 Å². The van der Waals surface area contributed by atoms with Crippen LogP contribution in [-0.4, -0.2) is 70.7 Å². The lowest BCUT2D eigenvalue weighted by Crippen LogP contribution is -2.69. The van der Waals surface area contributed by atoms with Crippen LogP contribution in [0.3, 0.4) is 0 Å². The highest BCUT2D eigenvalue weighted by Crippen LogP contribution is 2.29. The van der Waals surface area contributed by atoms with Crippen molar-refractivity contribution in [2.24, 2.45) is 0 Å². The smallest absolute Gasteiger partial charge is 0.253 e. The molecule has 0 aliphatic carbocycles. The van der Waals surface area contributed by atoms with Gasteiger partial charge in [-0.25, -0.2) is 0 Å². The Balaban J connectivity index is 1.52. The summed E-state index contributed by atoms with van der Waals surface area (Å²) in [4.78, 5) is 43.3. The van der Waals surface area contributed by atoms with E-state index in [1.54, 1.807) is 14.7 Å². The van der Waals surface area contributed by atoms with E-state index >= 15 is 0 Å². The van der Waals surface area contributed by atoms with Crippen molar-refractivity contribution in [3.8, 4) is 0 Å². The largest absolute Gasteiger partial charge is 0.334 e. The Morgan fingerprint density at radius 1 is 1.00 bits per heavy atom. The van der Waals surface area contributed by atoms with Crippen molar-refractivity contribution in [2.75, 3.05) is 26.2 Å². The number of carbonyl (C=O) groups is 3. The van der Waals surface area contributed by atoms with E-state index in [0.29, 0.717) is 31.7 Å². The maximum atomic E-state index is 12.8. The highest BCUT2D eigenvalue weighted by Gasteiger charge is 2.49. The van der Waals surface area contributed by atoms with Gasteiger partial charge in [0, 0.05) is 25.2 Å². The predicted molar refractivity (Wildman–Crippen MR) is 92.0 cm³/mol. The Kier molecular flexibility index (Phi) is 3.98. The van der Waals surface area contributed by atoms with Crippen molar-refractivity contribution in [1.29, 1.82) is 0 Å². The Labute approximate surface area is 147 Å². The van der Waals surface area contributed by atoms with Crippen molar-refractivity contribution in [3.05, 3.63) is 35.4 Å². The van der Waals surface area contributed by atoms with E-state index in [-0.39, 0.29) is 23.8 Å². The first-order chi connectivity index (χ1) is 12.1. The molecule has 0 unspecified atom stereocenters. The van der Waals surface area contributed by atoms with E-state index in [1.165, 1.54) is 5.56 Å².